The van der Waals surface area contributed by atoms with Crippen molar-refractivity contribution in [3.8, 4) is 0 Å². The topological polar surface area (TPSA) is 91.8 Å². The molecule has 1 amide bonds. The highest BCUT2D eigenvalue weighted by Gasteiger charge is 2.12. The summed E-state index contributed by atoms with van der Waals surface area (Å²) in [7, 11) is 0. The fourth-order valence-electron chi connectivity index (χ4n) is 3.08. The minimum absolute atomic E-state index is 0.155. The van der Waals surface area contributed by atoms with Crippen LogP contribution in [-0.2, 0) is 11.2 Å². The van der Waals surface area contributed by atoms with Crippen LogP contribution in [-0.4, -0.2) is 20.9 Å². The standard InChI is InChI=1S/C24H20ClFN6O/c1-15-9-10-27-21(11-15)32-23-13-22(28-14-29-23)30-16-5-7-17(8-6-16)31-24(33)12-18-19(25)3-2-4-20(18)26/h2-11,13-14H,12H2,1H3,(H,31,33)(H2,27,28,29,30,32). The third-order valence-corrected chi connectivity index (χ3v) is 5.03. The van der Waals surface area contributed by atoms with Crippen LogP contribution in [0.3, 0.4) is 0 Å². The third-order valence-electron chi connectivity index (χ3n) is 4.68. The monoisotopic (exact) mass is 462 g/mol. The Morgan fingerprint density at radius 1 is 0.909 bits per heavy atom. The maximum absolute atomic E-state index is 13.9. The minimum Gasteiger partial charge on any atom is -0.340 e. The molecule has 166 valence electrons. The van der Waals surface area contributed by atoms with Gasteiger partial charge >= 0.3 is 0 Å². The van der Waals surface area contributed by atoms with Crippen LogP contribution in [0.2, 0.25) is 5.02 Å². The van der Waals surface area contributed by atoms with Gasteiger partial charge < -0.3 is 16.0 Å². The van der Waals surface area contributed by atoms with Gasteiger partial charge in [0.05, 0.1) is 6.42 Å². The van der Waals surface area contributed by atoms with E-state index in [9.17, 15) is 9.18 Å². The second-order valence-corrected chi connectivity index (χ2v) is 7.67. The second kappa shape index (κ2) is 10.1. The molecule has 2 heterocycles. The Balaban J connectivity index is 1.37. The van der Waals surface area contributed by atoms with Crippen molar-refractivity contribution < 1.29 is 9.18 Å². The zero-order valence-corrected chi connectivity index (χ0v) is 18.4. The third kappa shape index (κ3) is 6.02. The van der Waals surface area contributed by atoms with Gasteiger partial charge in [0.1, 0.15) is 29.6 Å². The largest absolute Gasteiger partial charge is 0.340 e. The van der Waals surface area contributed by atoms with E-state index >= 15 is 0 Å². The van der Waals surface area contributed by atoms with Crippen LogP contribution >= 0.6 is 11.6 Å². The predicted molar refractivity (Wildman–Crippen MR) is 128 cm³/mol. The van der Waals surface area contributed by atoms with E-state index in [0.717, 1.165) is 11.3 Å². The Kier molecular flexibility index (Phi) is 6.75. The van der Waals surface area contributed by atoms with E-state index in [1.54, 1.807) is 42.6 Å². The van der Waals surface area contributed by atoms with Gasteiger partial charge in [0.2, 0.25) is 5.91 Å². The number of amides is 1. The van der Waals surface area contributed by atoms with E-state index in [0.29, 0.717) is 23.1 Å². The van der Waals surface area contributed by atoms with Crippen LogP contribution in [0.5, 0.6) is 0 Å². The Bertz CT molecular complexity index is 1260. The van der Waals surface area contributed by atoms with Gasteiger partial charge in [-0.1, -0.05) is 17.7 Å². The lowest BCUT2D eigenvalue weighted by atomic mass is 10.1. The van der Waals surface area contributed by atoms with Crippen LogP contribution in [0.1, 0.15) is 11.1 Å². The van der Waals surface area contributed by atoms with Crippen molar-refractivity contribution in [3.05, 3.63) is 95.2 Å². The molecule has 7 nitrogen and oxygen atoms in total. The molecule has 0 aliphatic rings. The molecular formula is C24H20ClFN6O. The number of rotatable bonds is 7. The van der Waals surface area contributed by atoms with E-state index in [2.05, 4.69) is 30.9 Å². The fraction of sp³-hybridized carbons (Fsp3) is 0.0833. The molecule has 9 heteroatoms. The molecule has 0 saturated heterocycles. The molecule has 0 aliphatic carbocycles. The van der Waals surface area contributed by atoms with E-state index in [1.165, 1.54) is 18.5 Å². The molecular weight excluding hydrogens is 443 g/mol. The molecule has 0 spiro atoms. The molecule has 0 aliphatic heterocycles. The highest BCUT2D eigenvalue weighted by atomic mass is 35.5. The Hall–Kier alpha value is -4.04. The lowest BCUT2D eigenvalue weighted by Gasteiger charge is -2.10. The number of anilines is 5. The number of aryl methyl sites for hydroxylation is 1. The Labute approximate surface area is 195 Å². The first kappa shape index (κ1) is 22.2. The summed E-state index contributed by atoms with van der Waals surface area (Å²) in [6, 6.07) is 17.0. The predicted octanol–water partition coefficient (Wildman–Crippen LogP) is 5.64. The van der Waals surface area contributed by atoms with Crippen molar-refractivity contribution in [2.24, 2.45) is 0 Å². The summed E-state index contributed by atoms with van der Waals surface area (Å²) in [5.74, 6) is 1.01. The van der Waals surface area contributed by atoms with Gasteiger partial charge in [-0.3, -0.25) is 4.79 Å². The molecule has 0 atom stereocenters. The van der Waals surface area contributed by atoms with Crippen LogP contribution in [0, 0.1) is 12.7 Å². The Morgan fingerprint density at radius 3 is 2.33 bits per heavy atom. The highest BCUT2D eigenvalue weighted by molar-refractivity contribution is 6.31. The van der Waals surface area contributed by atoms with Gasteiger partial charge in [-0.2, -0.15) is 0 Å². The highest BCUT2D eigenvalue weighted by Crippen LogP contribution is 2.22. The van der Waals surface area contributed by atoms with Gasteiger partial charge in [-0.25, -0.2) is 19.3 Å². The average molecular weight is 463 g/mol. The van der Waals surface area contributed by atoms with Gasteiger partial charge in [0.25, 0.3) is 0 Å². The number of pyridine rings is 1. The summed E-state index contributed by atoms with van der Waals surface area (Å²) >= 11 is 5.99. The number of nitrogens with zero attached hydrogens (tertiary/aromatic N) is 3. The van der Waals surface area contributed by atoms with Gasteiger partial charge in [-0.05, 0) is 61.0 Å². The first-order valence-corrected chi connectivity index (χ1v) is 10.5. The maximum atomic E-state index is 13.9. The first-order valence-electron chi connectivity index (χ1n) is 10.1. The number of hydrogen-bond acceptors (Lipinski definition) is 6. The summed E-state index contributed by atoms with van der Waals surface area (Å²) in [5, 5.41) is 9.30. The number of nitrogens with one attached hydrogen (secondary N) is 3. The molecule has 33 heavy (non-hydrogen) atoms. The fourth-order valence-corrected chi connectivity index (χ4v) is 3.31. The molecule has 2 aromatic heterocycles. The van der Waals surface area contributed by atoms with Crippen LogP contribution in [0.4, 0.5) is 33.2 Å². The van der Waals surface area contributed by atoms with Crippen LogP contribution in [0.15, 0.2) is 73.2 Å². The van der Waals surface area contributed by atoms with Crippen molar-refractivity contribution in [2.75, 3.05) is 16.0 Å². The van der Waals surface area contributed by atoms with Crippen molar-refractivity contribution >= 4 is 46.3 Å². The number of carbonyl (C=O) groups is 1. The summed E-state index contributed by atoms with van der Waals surface area (Å²) in [6.07, 6.45) is 3.02. The van der Waals surface area contributed by atoms with E-state index < -0.39 is 5.82 Å². The summed E-state index contributed by atoms with van der Waals surface area (Å²) < 4.78 is 13.9. The van der Waals surface area contributed by atoms with Crippen LogP contribution in [0.25, 0.3) is 0 Å². The normalized spacial score (nSPS) is 10.5. The molecule has 0 bridgehead atoms. The second-order valence-electron chi connectivity index (χ2n) is 7.26. The minimum atomic E-state index is -0.505. The van der Waals surface area contributed by atoms with Crippen molar-refractivity contribution in [1.82, 2.24) is 15.0 Å². The number of benzene rings is 2. The molecule has 3 N–H and O–H groups in total. The summed E-state index contributed by atoms with van der Waals surface area (Å²) in [4.78, 5) is 25.0. The van der Waals surface area contributed by atoms with Gasteiger partial charge in [-0.15, -0.1) is 0 Å². The van der Waals surface area contributed by atoms with Crippen molar-refractivity contribution in [2.45, 2.75) is 13.3 Å². The lowest BCUT2D eigenvalue weighted by Crippen LogP contribution is -2.15. The number of hydrogen-bond donors (Lipinski definition) is 3. The molecule has 4 rings (SSSR count). The van der Waals surface area contributed by atoms with E-state index in [1.807, 2.05) is 19.1 Å². The van der Waals surface area contributed by atoms with Gasteiger partial charge in [0.15, 0.2) is 0 Å². The van der Waals surface area contributed by atoms with E-state index in [-0.39, 0.29) is 22.9 Å². The molecule has 0 unspecified atom stereocenters. The Morgan fingerprint density at radius 2 is 1.61 bits per heavy atom. The smallest absolute Gasteiger partial charge is 0.228 e. The lowest BCUT2D eigenvalue weighted by molar-refractivity contribution is -0.115. The zero-order chi connectivity index (χ0) is 23.2. The zero-order valence-electron chi connectivity index (χ0n) is 17.6. The number of aromatic nitrogens is 3. The number of carbonyl (C=O) groups excluding carboxylic acids is 1. The number of halogens is 2. The average Bonchev–Trinajstić information content (AvgIpc) is 2.78. The molecule has 4 aromatic rings. The van der Waals surface area contributed by atoms with Crippen LogP contribution < -0.4 is 16.0 Å². The van der Waals surface area contributed by atoms with Crippen molar-refractivity contribution in [3.63, 3.8) is 0 Å². The SMILES string of the molecule is Cc1ccnc(Nc2cc(Nc3ccc(NC(=O)Cc4c(F)cccc4Cl)cc3)ncn2)c1. The molecule has 0 saturated carbocycles. The first-order chi connectivity index (χ1) is 16.0. The molecule has 2 aromatic carbocycles. The van der Waals surface area contributed by atoms with E-state index in [4.69, 9.17) is 11.6 Å². The maximum Gasteiger partial charge on any atom is 0.228 e. The van der Waals surface area contributed by atoms with Crippen molar-refractivity contribution in [1.29, 1.82) is 0 Å². The quantitative estimate of drug-likeness (QED) is 0.329. The molecule has 0 fully saturated rings. The summed E-state index contributed by atoms with van der Waals surface area (Å²) in [6.45, 7) is 1.99. The molecule has 0 radical (unpaired) electrons. The van der Waals surface area contributed by atoms with Gasteiger partial charge in [0, 0.05) is 34.2 Å². The summed E-state index contributed by atoms with van der Waals surface area (Å²) in [5.41, 5.74) is 2.60.